The Labute approximate surface area is 116 Å². The van der Waals surface area contributed by atoms with Crippen LogP contribution in [-0.4, -0.2) is 33.0 Å². The number of sulfonamides is 1. The van der Waals surface area contributed by atoms with E-state index in [9.17, 15) is 13.2 Å². The summed E-state index contributed by atoms with van der Waals surface area (Å²) in [6, 6.07) is 0. The van der Waals surface area contributed by atoms with Crippen molar-refractivity contribution < 1.29 is 8.42 Å². The third-order valence-electron chi connectivity index (χ3n) is 2.92. The molecule has 19 heavy (non-hydrogen) atoms. The van der Waals surface area contributed by atoms with Gasteiger partial charge in [0.1, 0.15) is 0 Å². The smallest absolute Gasteiger partial charge is 0.305 e. The lowest BCUT2D eigenvalue weighted by Gasteiger charge is -2.14. The number of aromatic amines is 1. The van der Waals surface area contributed by atoms with E-state index in [1.807, 2.05) is 0 Å². The monoisotopic (exact) mass is 303 g/mol. The van der Waals surface area contributed by atoms with Gasteiger partial charge in [-0.05, 0) is 26.3 Å². The minimum atomic E-state index is -3.58. The van der Waals surface area contributed by atoms with E-state index in [2.05, 4.69) is 21.1 Å². The van der Waals surface area contributed by atoms with Crippen LogP contribution in [0.1, 0.15) is 18.5 Å². The molecule has 1 aromatic heterocycles. The van der Waals surface area contributed by atoms with Crippen molar-refractivity contribution in [3.63, 3.8) is 0 Å². The average Bonchev–Trinajstić information content (AvgIpc) is 2.70. The Morgan fingerprint density at radius 1 is 1.47 bits per heavy atom. The predicted molar refractivity (Wildman–Crippen MR) is 75.1 cm³/mol. The highest BCUT2D eigenvalue weighted by Crippen LogP contribution is 2.16. The van der Waals surface area contributed by atoms with Crippen molar-refractivity contribution in [1.82, 2.24) is 15.0 Å². The molecule has 0 fully saturated rings. The molecule has 3 N–H and O–H groups in total. The van der Waals surface area contributed by atoms with Crippen LogP contribution in [0.5, 0.6) is 0 Å². The lowest BCUT2D eigenvalue weighted by atomic mass is 10.1. The topological polar surface area (TPSA) is 91.1 Å². The molecule has 0 spiro atoms. The molecule has 106 valence electrons. The third-order valence-corrected chi connectivity index (χ3v) is 5.99. The molecule has 1 aliphatic heterocycles. The highest BCUT2D eigenvalue weighted by atomic mass is 32.2. The van der Waals surface area contributed by atoms with Gasteiger partial charge in [-0.2, -0.15) is 0 Å². The zero-order chi connectivity index (χ0) is 13.9. The Bertz CT molecular complexity index is 628. The quantitative estimate of drug-likeness (QED) is 0.684. The minimum Gasteiger partial charge on any atom is -0.315 e. The fraction of sp³-hybridized carbons (Fsp3) is 0.545. The predicted octanol–water partition coefficient (Wildman–Crippen LogP) is 0.333. The summed E-state index contributed by atoms with van der Waals surface area (Å²) < 4.78 is 26.7. The summed E-state index contributed by atoms with van der Waals surface area (Å²) in [5.41, 5.74) is 1.66. The van der Waals surface area contributed by atoms with Crippen molar-refractivity contribution in [2.75, 3.05) is 19.6 Å². The Hall–Kier alpha value is -0.960. The normalized spacial score (nSPS) is 16.4. The SMILES string of the molecule is Cc1[nH]c(=O)sc1S(=O)(=O)NCCC1=CCNCC1. The van der Waals surface area contributed by atoms with Gasteiger partial charge in [0.2, 0.25) is 0 Å². The van der Waals surface area contributed by atoms with Crippen LogP contribution in [0.15, 0.2) is 20.7 Å². The van der Waals surface area contributed by atoms with E-state index in [1.165, 1.54) is 5.57 Å². The Morgan fingerprint density at radius 2 is 2.26 bits per heavy atom. The minimum absolute atomic E-state index is 0.0804. The third kappa shape index (κ3) is 3.75. The maximum absolute atomic E-state index is 12.0. The van der Waals surface area contributed by atoms with Crippen molar-refractivity contribution >= 4 is 21.4 Å². The van der Waals surface area contributed by atoms with Gasteiger partial charge in [-0.15, -0.1) is 0 Å². The summed E-state index contributed by atoms with van der Waals surface area (Å²) in [6.45, 7) is 3.74. The molecule has 2 rings (SSSR count). The molecule has 1 aliphatic rings. The second-order valence-electron chi connectivity index (χ2n) is 4.39. The summed E-state index contributed by atoms with van der Waals surface area (Å²) >= 11 is 0.721. The van der Waals surface area contributed by atoms with Gasteiger partial charge in [0.05, 0.1) is 0 Å². The molecular weight excluding hydrogens is 286 g/mol. The van der Waals surface area contributed by atoms with Crippen LogP contribution >= 0.6 is 11.3 Å². The van der Waals surface area contributed by atoms with Crippen LogP contribution in [0.2, 0.25) is 0 Å². The zero-order valence-electron chi connectivity index (χ0n) is 10.7. The van der Waals surface area contributed by atoms with Gasteiger partial charge >= 0.3 is 4.87 Å². The standard InChI is InChI=1S/C11H17N3O3S2/c1-8-10(18-11(15)14-8)19(16,17)13-7-4-9-2-5-12-6-3-9/h2,12-13H,3-7H2,1H3,(H,14,15). The molecule has 8 heteroatoms. The molecule has 2 heterocycles. The molecular formula is C11H17N3O3S2. The van der Waals surface area contributed by atoms with Gasteiger partial charge < -0.3 is 10.3 Å². The molecule has 0 aromatic carbocycles. The van der Waals surface area contributed by atoms with Gasteiger partial charge in [0.25, 0.3) is 10.0 Å². The molecule has 1 aromatic rings. The largest absolute Gasteiger partial charge is 0.315 e. The summed E-state index contributed by atoms with van der Waals surface area (Å²) in [5, 5.41) is 3.21. The first-order valence-electron chi connectivity index (χ1n) is 6.07. The van der Waals surface area contributed by atoms with E-state index >= 15 is 0 Å². The first kappa shape index (κ1) is 14.4. The molecule has 0 saturated carbocycles. The van der Waals surface area contributed by atoms with Crippen molar-refractivity contribution in [2.24, 2.45) is 0 Å². The van der Waals surface area contributed by atoms with Crippen LogP contribution in [0.3, 0.4) is 0 Å². The van der Waals surface area contributed by atoms with Crippen LogP contribution in [0.4, 0.5) is 0 Å². The molecule has 0 unspecified atom stereocenters. The highest BCUT2D eigenvalue weighted by Gasteiger charge is 2.20. The van der Waals surface area contributed by atoms with Gasteiger partial charge in [0, 0.05) is 18.8 Å². The van der Waals surface area contributed by atoms with E-state index in [0.717, 1.165) is 30.8 Å². The summed E-state index contributed by atoms with van der Waals surface area (Å²) in [6.07, 6.45) is 3.76. The van der Waals surface area contributed by atoms with Crippen LogP contribution in [0, 0.1) is 6.92 Å². The van der Waals surface area contributed by atoms with Gasteiger partial charge in [-0.25, -0.2) is 13.1 Å². The molecule has 0 bridgehead atoms. The number of thiazole rings is 1. The lowest BCUT2D eigenvalue weighted by Crippen LogP contribution is -2.26. The highest BCUT2D eigenvalue weighted by molar-refractivity contribution is 7.91. The van der Waals surface area contributed by atoms with Gasteiger partial charge in [-0.1, -0.05) is 23.0 Å². The average molecular weight is 303 g/mol. The summed E-state index contributed by atoms with van der Waals surface area (Å²) in [4.78, 5) is 13.3. The summed E-state index contributed by atoms with van der Waals surface area (Å²) in [7, 11) is -3.58. The Balaban J connectivity index is 1.96. The van der Waals surface area contributed by atoms with Crippen molar-refractivity contribution in [1.29, 1.82) is 0 Å². The number of hydrogen-bond acceptors (Lipinski definition) is 5. The molecule has 0 amide bonds. The summed E-state index contributed by atoms with van der Waals surface area (Å²) in [5.74, 6) is 0. The maximum Gasteiger partial charge on any atom is 0.305 e. The fourth-order valence-electron chi connectivity index (χ4n) is 1.95. The number of aryl methyl sites for hydroxylation is 1. The Morgan fingerprint density at radius 3 is 2.84 bits per heavy atom. The maximum atomic E-state index is 12.0. The number of nitrogens with one attached hydrogen (secondary N) is 3. The van der Waals surface area contributed by atoms with E-state index in [1.54, 1.807) is 6.92 Å². The Kier molecular flexibility index (Phi) is 4.56. The number of rotatable bonds is 5. The number of aromatic nitrogens is 1. The van der Waals surface area contributed by atoms with Crippen LogP contribution in [0.25, 0.3) is 0 Å². The molecule has 6 nitrogen and oxygen atoms in total. The number of hydrogen-bond donors (Lipinski definition) is 3. The first-order chi connectivity index (χ1) is 8.99. The molecule has 0 saturated heterocycles. The van der Waals surface area contributed by atoms with Crippen molar-refractivity contribution in [3.8, 4) is 0 Å². The van der Waals surface area contributed by atoms with E-state index in [0.29, 0.717) is 18.7 Å². The lowest BCUT2D eigenvalue weighted by molar-refractivity contribution is 0.581. The van der Waals surface area contributed by atoms with E-state index < -0.39 is 10.0 Å². The van der Waals surface area contributed by atoms with Crippen LogP contribution < -0.4 is 14.9 Å². The van der Waals surface area contributed by atoms with E-state index in [-0.39, 0.29) is 9.08 Å². The van der Waals surface area contributed by atoms with Crippen LogP contribution in [-0.2, 0) is 10.0 Å². The molecule has 0 atom stereocenters. The fourth-order valence-corrected chi connectivity index (χ4v) is 4.33. The van der Waals surface area contributed by atoms with Crippen molar-refractivity contribution in [2.45, 2.75) is 24.0 Å². The molecule has 0 radical (unpaired) electrons. The van der Waals surface area contributed by atoms with Gasteiger partial charge in [-0.3, -0.25) is 4.79 Å². The second kappa shape index (κ2) is 6.00. The first-order valence-corrected chi connectivity index (χ1v) is 8.37. The molecule has 0 aliphatic carbocycles. The second-order valence-corrected chi connectivity index (χ2v) is 7.34. The van der Waals surface area contributed by atoms with Crippen molar-refractivity contribution in [3.05, 3.63) is 27.0 Å². The number of H-pyrrole nitrogens is 1. The van der Waals surface area contributed by atoms with E-state index in [4.69, 9.17) is 0 Å². The van der Waals surface area contributed by atoms with Gasteiger partial charge in [0.15, 0.2) is 4.21 Å². The zero-order valence-corrected chi connectivity index (χ0v) is 12.3.